The molecule has 1 aliphatic rings. The van der Waals surface area contributed by atoms with E-state index in [9.17, 15) is 4.79 Å². The van der Waals surface area contributed by atoms with Gasteiger partial charge in [0.05, 0.1) is 13.7 Å². The first-order chi connectivity index (χ1) is 11.3. The Labute approximate surface area is 136 Å². The van der Waals surface area contributed by atoms with E-state index < -0.39 is 0 Å². The van der Waals surface area contributed by atoms with E-state index in [1.807, 2.05) is 30.3 Å². The predicted molar refractivity (Wildman–Crippen MR) is 90.4 cm³/mol. The van der Waals surface area contributed by atoms with Crippen molar-refractivity contribution in [2.24, 2.45) is 0 Å². The fourth-order valence-electron chi connectivity index (χ4n) is 2.82. The predicted octanol–water partition coefficient (Wildman–Crippen LogP) is 2.46. The van der Waals surface area contributed by atoms with Crippen molar-refractivity contribution in [3.8, 4) is 5.75 Å². The number of amides is 1. The zero-order chi connectivity index (χ0) is 16.1. The minimum Gasteiger partial charge on any atom is -0.496 e. The first-order valence-electron chi connectivity index (χ1n) is 7.95. The van der Waals surface area contributed by atoms with Gasteiger partial charge in [-0.15, -0.1) is 0 Å². The number of benzene rings is 2. The highest BCUT2D eigenvalue weighted by Gasteiger charge is 2.37. The zero-order valence-corrected chi connectivity index (χ0v) is 13.3. The molecule has 2 N–H and O–H groups in total. The van der Waals surface area contributed by atoms with Crippen LogP contribution in [0, 0.1) is 0 Å². The summed E-state index contributed by atoms with van der Waals surface area (Å²) < 4.78 is 5.28. The summed E-state index contributed by atoms with van der Waals surface area (Å²) in [7, 11) is 1.64. The molecule has 0 radical (unpaired) electrons. The second-order valence-corrected chi connectivity index (χ2v) is 5.83. The Bertz CT molecular complexity index is 657. The Kier molecular flexibility index (Phi) is 4.93. The maximum Gasteiger partial charge on any atom is 0.234 e. The van der Waals surface area contributed by atoms with Crippen LogP contribution in [0.5, 0.6) is 5.75 Å². The fraction of sp³-hybridized carbons (Fsp3) is 0.316. The first-order valence-corrected chi connectivity index (χ1v) is 7.95. The van der Waals surface area contributed by atoms with Gasteiger partial charge in [0, 0.05) is 24.1 Å². The molecule has 0 unspecified atom stereocenters. The maximum absolute atomic E-state index is 12.0. The molecule has 0 saturated heterocycles. The van der Waals surface area contributed by atoms with E-state index >= 15 is 0 Å². The van der Waals surface area contributed by atoms with Gasteiger partial charge in [-0.3, -0.25) is 4.79 Å². The molecule has 1 amide bonds. The lowest BCUT2D eigenvalue weighted by atomic mass is 10.1. The number of hydrogen-bond acceptors (Lipinski definition) is 3. The molecule has 2 atom stereocenters. The van der Waals surface area contributed by atoms with E-state index in [-0.39, 0.29) is 5.91 Å². The number of carbonyl (C=O) groups is 1. The summed E-state index contributed by atoms with van der Waals surface area (Å²) in [6.07, 6.45) is 1.10. The fourth-order valence-corrected chi connectivity index (χ4v) is 2.82. The molecule has 0 heterocycles. The summed E-state index contributed by atoms with van der Waals surface area (Å²) >= 11 is 0. The van der Waals surface area contributed by atoms with E-state index in [2.05, 4.69) is 34.9 Å². The van der Waals surface area contributed by atoms with Crippen molar-refractivity contribution in [1.82, 2.24) is 10.6 Å². The van der Waals surface area contributed by atoms with Crippen LogP contribution in [0.3, 0.4) is 0 Å². The Morgan fingerprint density at radius 1 is 1.13 bits per heavy atom. The minimum atomic E-state index is 0.00891. The first kappa shape index (κ1) is 15.6. The Balaban J connectivity index is 1.41. The van der Waals surface area contributed by atoms with Crippen LogP contribution >= 0.6 is 0 Å². The average Bonchev–Trinajstić information content (AvgIpc) is 3.39. The average molecular weight is 310 g/mol. The number of ether oxygens (including phenoxy) is 1. The summed E-state index contributed by atoms with van der Waals surface area (Å²) in [5.41, 5.74) is 2.33. The molecule has 0 aliphatic heterocycles. The van der Waals surface area contributed by atoms with E-state index in [0.717, 1.165) is 17.7 Å². The molecule has 2 aromatic rings. The molecule has 1 saturated carbocycles. The van der Waals surface area contributed by atoms with Crippen molar-refractivity contribution >= 4 is 5.91 Å². The van der Waals surface area contributed by atoms with Crippen molar-refractivity contribution in [2.45, 2.75) is 24.9 Å². The molecule has 2 aromatic carbocycles. The lowest BCUT2D eigenvalue weighted by molar-refractivity contribution is -0.120. The summed E-state index contributed by atoms with van der Waals surface area (Å²) in [4.78, 5) is 12.0. The summed E-state index contributed by atoms with van der Waals surface area (Å²) in [6, 6.07) is 18.6. The number of para-hydroxylation sites is 1. The van der Waals surface area contributed by atoms with Crippen molar-refractivity contribution < 1.29 is 9.53 Å². The van der Waals surface area contributed by atoms with Gasteiger partial charge in [0.1, 0.15) is 5.75 Å². The van der Waals surface area contributed by atoms with Crippen LogP contribution in [0.15, 0.2) is 54.6 Å². The lowest BCUT2D eigenvalue weighted by Gasteiger charge is -2.10. The molecule has 0 bridgehead atoms. The lowest BCUT2D eigenvalue weighted by Crippen LogP contribution is -2.34. The van der Waals surface area contributed by atoms with Gasteiger partial charge in [0.25, 0.3) is 0 Å². The number of methoxy groups -OCH3 is 1. The van der Waals surface area contributed by atoms with Gasteiger partial charge in [-0.05, 0) is 18.1 Å². The third kappa shape index (κ3) is 4.11. The van der Waals surface area contributed by atoms with Crippen LogP contribution in [0.4, 0.5) is 0 Å². The minimum absolute atomic E-state index is 0.00891. The second-order valence-electron chi connectivity index (χ2n) is 5.83. The van der Waals surface area contributed by atoms with Gasteiger partial charge in [-0.25, -0.2) is 0 Å². The molecule has 23 heavy (non-hydrogen) atoms. The van der Waals surface area contributed by atoms with Gasteiger partial charge < -0.3 is 15.4 Å². The summed E-state index contributed by atoms with van der Waals surface area (Å²) in [6.45, 7) is 0.834. The largest absolute Gasteiger partial charge is 0.496 e. The van der Waals surface area contributed by atoms with E-state index in [0.29, 0.717) is 25.0 Å². The van der Waals surface area contributed by atoms with Crippen LogP contribution in [0.1, 0.15) is 23.5 Å². The highest BCUT2D eigenvalue weighted by molar-refractivity contribution is 5.78. The van der Waals surface area contributed by atoms with E-state index in [1.54, 1.807) is 7.11 Å². The topological polar surface area (TPSA) is 50.4 Å². The highest BCUT2D eigenvalue weighted by atomic mass is 16.5. The molecule has 120 valence electrons. The molecule has 4 heteroatoms. The van der Waals surface area contributed by atoms with E-state index in [1.165, 1.54) is 5.56 Å². The van der Waals surface area contributed by atoms with Gasteiger partial charge in [-0.2, -0.15) is 0 Å². The second kappa shape index (κ2) is 7.29. The van der Waals surface area contributed by atoms with Gasteiger partial charge in [0.15, 0.2) is 0 Å². The van der Waals surface area contributed by atoms with Crippen molar-refractivity contribution in [3.63, 3.8) is 0 Å². The van der Waals surface area contributed by atoms with Crippen molar-refractivity contribution in [2.75, 3.05) is 13.7 Å². The van der Waals surface area contributed by atoms with Crippen LogP contribution in [0.25, 0.3) is 0 Å². The Morgan fingerprint density at radius 2 is 1.87 bits per heavy atom. The third-order valence-electron chi connectivity index (χ3n) is 4.21. The Morgan fingerprint density at radius 3 is 2.65 bits per heavy atom. The number of nitrogens with one attached hydrogen (secondary N) is 2. The number of carbonyl (C=O) groups excluding carboxylic acids is 1. The summed E-state index contributed by atoms with van der Waals surface area (Å²) in [5.74, 6) is 1.35. The van der Waals surface area contributed by atoms with Crippen LogP contribution in [-0.2, 0) is 11.3 Å². The van der Waals surface area contributed by atoms with Crippen LogP contribution in [-0.4, -0.2) is 25.6 Å². The molecule has 1 fully saturated rings. The maximum atomic E-state index is 12.0. The zero-order valence-electron chi connectivity index (χ0n) is 13.3. The van der Waals surface area contributed by atoms with Gasteiger partial charge in [-0.1, -0.05) is 48.5 Å². The molecule has 4 nitrogen and oxygen atoms in total. The molecule has 3 rings (SSSR count). The quantitative estimate of drug-likeness (QED) is 0.826. The normalized spacial score (nSPS) is 19.2. The van der Waals surface area contributed by atoms with E-state index in [4.69, 9.17) is 4.74 Å². The smallest absolute Gasteiger partial charge is 0.234 e. The number of rotatable bonds is 7. The highest BCUT2D eigenvalue weighted by Crippen LogP contribution is 2.40. The SMILES string of the molecule is COc1ccccc1CNC(=O)CN[C@@H]1C[C@H]1c1ccccc1. The molecule has 1 aliphatic carbocycles. The Hall–Kier alpha value is -2.33. The standard InChI is InChI=1S/C19H22N2O2/c1-23-18-10-6-5-9-15(18)12-21-19(22)13-20-17-11-16(17)14-7-3-2-4-8-14/h2-10,16-17,20H,11-13H2,1H3,(H,21,22)/t16-,17+/m0/s1. The molecular weight excluding hydrogens is 288 g/mol. The third-order valence-corrected chi connectivity index (χ3v) is 4.21. The molecule has 0 aromatic heterocycles. The summed E-state index contributed by atoms with van der Waals surface area (Å²) in [5, 5.41) is 6.26. The monoisotopic (exact) mass is 310 g/mol. The van der Waals surface area contributed by atoms with Crippen molar-refractivity contribution in [3.05, 3.63) is 65.7 Å². The number of hydrogen-bond donors (Lipinski definition) is 2. The van der Waals surface area contributed by atoms with Crippen molar-refractivity contribution in [1.29, 1.82) is 0 Å². The molecular formula is C19H22N2O2. The van der Waals surface area contributed by atoms with Gasteiger partial charge in [0.2, 0.25) is 5.91 Å². The van der Waals surface area contributed by atoms with Gasteiger partial charge >= 0.3 is 0 Å². The van der Waals surface area contributed by atoms with Crippen LogP contribution < -0.4 is 15.4 Å². The molecule has 0 spiro atoms. The van der Waals surface area contributed by atoms with Crippen LogP contribution in [0.2, 0.25) is 0 Å².